The van der Waals surface area contributed by atoms with E-state index in [1.54, 1.807) is 6.20 Å². The lowest BCUT2D eigenvalue weighted by molar-refractivity contribution is -0.116. The van der Waals surface area contributed by atoms with E-state index in [2.05, 4.69) is 15.6 Å². The first-order valence-corrected chi connectivity index (χ1v) is 6.51. The molecule has 1 amide bonds. The lowest BCUT2D eigenvalue weighted by atomic mass is 10.1. The molecular formula is C15H19N3O. The Labute approximate surface area is 113 Å². The number of fused-ring (bicyclic) bond motifs is 1. The van der Waals surface area contributed by atoms with Crippen LogP contribution in [0, 0.1) is 6.92 Å². The SMILES string of the molecule is CNCCCC(=O)Nc1ccc(C)c2ncccc12. The highest BCUT2D eigenvalue weighted by atomic mass is 16.1. The highest BCUT2D eigenvalue weighted by Crippen LogP contribution is 2.24. The smallest absolute Gasteiger partial charge is 0.224 e. The normalized spacial score (nSPS) is 10.6. The van der Waals surface area contributed by atoms with Gasteiger partial charge in [0.15, 0.2) is 0 Å². The molecule has 0 unspecified atom stereocenters. The second-order valence-corrected chi connectivity index (χ2v) is 4.58. The first kappa shape index (κ1) is 13.5. The van der Waals surface area contributed by atoms with E-state index in [0.717, 1.165) is 35.1 Å². The third-order valence-corrected chi connectivity index (χ3v) is 3.08. The van der Waals surface area contributed by atoms with Crippen molar-refractivity contribution in [1.29, 1.82) is 0 Å². The summed E-state index contributed by atoms with van der Waals surface area (Å²) in [7, 11) is 1.89. The second-order valence-electron chi connectivity index (χ2n) is 4.58. The number of amides is 1. The molecule has 0 aliphatic carbocycles. The average Bonchev–Trinajstić information content (AvgIpc) is 2.43. The number of nitrogens with one attached hydrogen (secondary N) is 2. The average molecular weight is 257 g/mol. The Morgan fingerprint density at radius 2 is 2.16 bits per heavy atom. The van der Waals surface area contributed by atoms with Crippen LogP contribution in [0.3, 0.4) is 0 Å². The van der Waals surface area contributed by atoms with Gasteiger partial charge < -0.3 is 10.6 Å². The van der Waals surface area contributed by atoms with Crippen LogP contribution in [0.1, 0.15) is 18.4 Å². The van der Waals surface area contributed by atoms with Crippen molar-refractivity contribution in [2.24, 2.45) is 0 Å². The molecule has 2 aromatic rings. The summed E-state index contributed by atoms with van der Waals surface area (Å²) in [4.78, 5) is 16.2. The zero-order valence-electron chi connectivity index (χ0n) is 11.4. The number of hydrogen-bond acceptors (Lipinski definition) is 3. The Hall–Kier alpha value is -1.94. The quantitative estimate of drug-likeness (QED) is 0.809. The summed E-state index contributed by atoms with van der Waals surface area (Å²) >= 11 is 0. The molecule has 0 aliphatic rings. The van der Waals surface area contributed by atoms with Crippen LogP contribution < -0.4 is 10.6 Å². The molecule has 1 heterocycles. The van der Waals surface area contributed by atoms with Crippen molar-refractivity contribution in [2.75, 3.05) is 18.9 Å². The van der Waals surface area contributed by atoms with Gasteiger partial charge in [0.1, 0.15) is 0 Å². The van der Waals surface area contributed by atoms with Crippen LogP contribution in [-0.4, -0.2) is 24.5 Å². The van der Waals surface area contributed by atoms with Gasteiger partial charge in [0.25, 0.3) is 0 Å². The fourth-order valence-electron chi connectivity index (χ4n) is 2.06. The number of aryl methyl sites for hydroxylation is 1. The van der Waals surface area contributed by atoms with Crippen molar-refractivity contribution < 1.29 is 4.79 Å². The zero-order valence-corrected chi connectivity index (χ0v) is 11.4. The summed E-state index contributed by atoms with van der Waals surface area (Å²) in [6.45, 7) is 2.87. The molecule has 4 nitrogen and oxygen atoms in total. The van der Waals surface area contributed by atoms with Crippen molar-refractivity contribution in [3.05, 3.63) is 36.0 Å². The number of nitrogens with zero attached hydrogens (tertiary/aromatic N) is 1. The fourth-order valence-corrected chi connectivity index (χ4v) is 2.06. The maximum Gasteiger partial charge on any atom is 0.224 e. The maximum absolute atomic E-state index is 11.9. The van der Waals surface area contributed by atoms with Gasteiger partial charge >= 0.3 is 0 Å². The Bertz CT molecular complexity index is 581. The van der Waals surface area contributed by atoms with Crippen LogP contribution in [0.15, 0.2) is 30.5 Å². The van der Waals surface area contributed by atoms with Crippen LogP contribution in [-0.2, 0) is 4.79 Å². The van der Waals surface area contributed by atoms with Gasteiger partial charge in [0, 0.05) is 18.0 Å². The number of hydrogen-bond donors (Lipinski definition) is 2. The number of carbonyl (C=O) groups excluding carboxylic acids is 1. The fraction of sp³-hybridized carbons (Fsp3) is 0.333. The van der Waals surface area contributed by atoms with E-state index < -0.39 is 0 Å². The van der Waals surface area contributed by atoms with Gasteiger partial charge in [-0.15, -0.1) is 0 Å². The Morgan fingerprint density at radius 1 is 1.32 bits per heavy atom. The minimum absolute atomic E-state index is 0.0456. The van der Waals surface area contributed by atoms with Crippen molar-refractivity contribution in [1.82, 2.24) is 10.3 Å². The molecule has 100 valence electrons. The summed E-state index contributed by atoms with van der Waals surface area (Å²) in [5.74, 6) is 0.0456. The van der Waals surface area contributed by atoms with E-state index >= 15 is 0 Å². The lowest BCUT2D eigenvalue weighted by Gasteiger charge is -2.09. The number of benzene rings is 1. The first-order chi connectivity index (χ1) is 9.22. The number of carbonyl (C=O) groups is 1. The largest absolute Gasteiger partial charge is 0.325 e. The monoisotopic (exact) mass is 257 g/mol. The van der Waals surface area contributed by atoms with Gasteiger partial charge in [-0.1, -0.05) is 6.07 Å². The minimum atomic E-state index is 0.0456. The lowest BCUT2D eigenvalue weighted by Crippen LogP contribution is -2.15. The van der Waals surface area contributed by atoms with Gasteiger partial charge in [-0.3, -0.25) is 9.78 Å². The third kappa shape index (κ3) is 3.29. The van der Waals surface area contributed by atoms with Crippen LogP contribution in [0.25, 0.3) is 10.9 Å². The molecule has 0 aliphatic heterocycles. The number of rotatable bonds is 5. The van der Waals surface area contributed by atoms with Crippen molar-refractivity contribution >= 4 is 22.5 Å². The van der Waals surface area contributed by atoms with Gasteiger partial charge in [-0.2, -0.15) is 0 Å². The topological polar surface area (TPSA) is 54.0 Å². The van der Waals surface area contributed by atoms with Crippen molar-refractivity contribution in [3.8, 4) is 0 Å². The summed E-state index contributed by atoms with van der Waals surface area (Å²) in [5, 5.41) is 6.99. The van der Waals surface area contributed by atoms with E-state index in [9.17, 15) is 4.79 Å². The van der Waals surface area contributed by atoms with E-state index in [4.69, 9.17) is 0 Å². The van der Waals surface area contributed by atoms with E-state index in [1.807, 2.05) is 38.2 Å². The van der Waals surface area contributed by atoms with Gasteiger partial charge in [-0.05, 0) is 50.7 Å². The molecule has 0 spiro atoms. The molecule has 0 bridgehead atoms. The van der Waals surface area contributed by atoms with E-state index in [-0.39, 0.29) is 5.91 Å². The Balaban J connectivity index is 2.17. The minimum Gasteiger partial charge on any atom is -0.325 e. The predicted molar refractivity (Wildman–Crippen MR) is 78.3 cm³/mol. The maximum atomic E-state index is 11.9. The highest BCUT2D eigenvalue weighted by molar-refractivity contribution is 6.01. The van der Waals surface area contributed by atoms with Crippen molar-refractivity contribution in [2.45, 2.75) is 19.8 Å². The number of aromatic nitrogens is 1. The zero-order chi connectivity index (χ0) is 13.7. The molecule has 0 atom stereocenters. The summed E-state index contributed by atoms with van der Waals surface area (Å²) < 4.78 is 0. The second kappa shape index (κ2) is 6.29. The standard InChI is InChI=1S/C15H19N3O/c1-11-7-8-13(12-5-3-10-17-15(11)12)18-14(19)6-4-9-16-2/h3,5,7-8,10,16H,4,6,9H2,1-2H3,(H,18,19). The molecule has 0 saturated carbocycles. The molecule has 4 heteroatoms. The van der Waals surface area contributed by atoms with Crippen LogP contribution >= 0.6 is 0 Å². The third-order valence-electron chi connectivity index (χ3n) is 3.08. The molecule has 2 rings (SSSR count). The van der Waals surface area contributed by atoms with E-state index in [0.29, 0.717) is 6.42 Å². The summed E-state index contributed by atoms with van der Waals surface area (Å²) in [6, 6.07) is 7.80. The Morgan fingerprint density at radius 3 is 2.95 bits per heavy atom. The van der Waals surface area contributed by atoms with Gasteiger partial charge in [-0.25, -0.2) is 0 Å². The molecule has 2 N–H and O–H groups in total. The summed E-state index contributed by atoms with van der Waals surface area (Å²) in [6.07, 6.45) is 3.13. The van der Waals surface area contributed by atoms with Gasteiger partial charge in [0.2, 0.25) is 5.91 Å². The Kier molecular flexibility index (Phi) is 4.47. The molecular weight excluding hydrogens is 238 g/mol. The van der Waals surface area contributed by atoms with Gasteiger partial charge in [0.05, 0.1) is 11.2 Å². The number of pyridine rings is 1. The number of anilines is 1. The molecule has 19 heavy (non-hydrogen) atoms. The molecule has 0 saturated heterocycles. The predicted octanol–water partition coefficient (Wildman–Crippen LogP) is 2.48. The van der Waals surface area contributed by atoms with Crippen LogP contribution in [0.2, 0.25) is 0 Å². The molecule has 1 aromatic carbocycles. The summed E-state index contributed by atoms with van der Waals surface area (Å²) in [5.41, 5.74) is 2.89. The van der Waals surface area contributed by atoms with Crippen LogP contribution in [0.5, 0.6) is 0 Å². The van der Waals surface area contributed by atoms with E-state index in [1.165, 1.54) is 0 Å². The molecule has 0 radical (unpaired) electrons. The highest BCUT2D eigenvalue weighted by Gasteiger charge is 2.07. The van der Waals surface area contributed by atoms with Crippen LogP contribution in [0.4, 0.5) is 5.69 Å². The molecule has 1 aromatic heterocycles. The first-order valence-electron chi connectivity index (χ1n) is 6.51. The molecule has 0 fully saturated rings. The van der Waals surface area contributed by atoms with Crippen molar-refractivity contribution in [3.63, 3.8) is 0 Å².